The zero-order chi connectivity index (χ0) is 4.41. The van der Waals surface area contributed by atoms with Crippen LogP contribution in [0.25, 0.3) is 0 Å². The van der Waals surface area contributed by atoms with Crippen LogP contribution in [0.15, 0.2) is 0 Å². The standard InChI is InChI=1S/C3H5BrO2.Mg.2H/c4-3-5-1-2-6-3;;;/h3H,1-2H2;;;. The van der Waals surface area contributed by atoms with E-state index in [0.717, 1.165) is 13.2 Å². The Morgan fingerprint density at radius 2 is 1.71 bits per heavy atom. The Morgan fingerprint density at radius 3 is 1.86 bits per heavy atom. The van der Waals surface area contributed by atoms with Gasteiger partial charge in [-0.3, -0.25) is 0 Å². The van der Waals surface area contributed by atoms with Crippen LogP contribution in [0, 0.1) is 0 Å². The first kappa shape index (κ1) is 8.17. The first-order valence-corrected chi connectivity index (χ1v) is 2.68. The molecular weight excluding hydrogens is 172 g/mol. The number of ether oxygens (including phenoxy) is 2. The lowest BCUT2D eigenvalue weighted by Crippen LogP contribution is -1.92. The Balaban J connectivity index is 0.000000360. The highest BCUT2D eigenvalue weighted by Gasteiger charge is 2.09. The molecular formula is C3H7BrMgO2. The molecule has 0 spiro atoms. The van der Waals surface area contributed by atoms with Gasteiger partial charge in [0.15, 0.2) is 0 Å². The Kier molecular flexibility index (Phi) is 4.77. The van der Waals surface area contributed by atoms with Crippen LogP contribution in [0.5, 0.6) is 0 Å². The number of hydrogen-bond donors (Lipinski definition) is 0. The van der Waals surface area contributed by atoms with Gasteiger partial charge in [0.05, 0.1) is 13.2 Å². The zero-order valence-electron chi connectivity index (χ0n) is 3.19. The molecule has 0 saturated carbocycles. The van der Waals surface area contributed by atoms with E-state index in [-0.39, 0.29) is 28.3 Å². The second kappa shape index (κ2) is 4.09. The molecule has 40 valence electrons. The van der Waals surface area contributed by atoms with Gasteiger partial charge in [0, 0.05) is 0 Å². The van der Waals surface area contributed by atoms with Crippen molar-refractivity contribution in [1.29, 1.82) is 0 Å². The lowest BCUT2D eigenvalue weighted by atomic mass is 10.8. The van der Waals surface area contributed by atoms with Crippen LogP contribution in [0.4, 0.5) is 0 Å². The molecule has 0 atom stereocenters. The van der Waals surface area contributed by atoms with Crippen molar-refractivity contribution < 1.29 is 9.47 Å². The average Bonchev–Trinajstić information content (AvgIpc) is 1.86. The molecule has 1 aliphatic rings. The second-order valence-corrected chi connectivity index (χ2v) is 1.76. The Hall–Kier alpha value is 1.17. The maximum atomic E-state index is 4.85. The summed E-state index contributed by atoms with van der Waals surface area (Å²) in [6.45, 7) is 1.44. The molecule has 1 heterocycles. The van der Waals surface area contributed by atoms with Crippen molar-refractivity contribution in [3.8, 4) is 0 Å². The van der Waals surface area contributed by atoms with Gasteiger partial charge in [-0.15, -0.1) is 0 Å². The minimum absolute atomic E-state index is 0. The zero-order valence-corrected chi connectivity index (χ0v) is 4.77. The van der Waals surface area contributed by atoms with E-state index in [1.807, 2.05) is 0 Å². The van der Waals surface area contributed by atoms with Crippen LogP contribution < -0.4 is 0 Å². The van der Waals surface area contributed by atoms with Gasteiger partial charge in [-0.1, -0.05) is 0 Å². The molecule has 1 rings (SSSR count). The number of hydrogen-bond acceptors (Lipinski definition) is 2. The highest BCUT2D eigenvalue weighted by Crippen LogP contribution is 2.08. The lowest BCUT2D eigenvalue weighted by Gasteiger charge is -1.92. The van der Waals surface area contributed by atoms with E-state index >= 15 is 0 Å². The van der Waals surface area contributed by atoms with Crippen molar-refractivity contribution in [2.24, 2.45) is 0 Å². The summed E-state index contributed by atoms with van der Waals surface area (Å²) in [7, 11) is 0. The third-order valence-electron chi connectivity index (χ3n) is 0.581. The number of rotatable bonds is 0. The number of halogens is 1. The largest absolute Gasteiger partial charge is 0.341 e. The molecule has 2 nitrogen and oxygen atoms in total. The fraction of sp³-hybridized carbons (Fsp3) is 1.00. The predicted octanol–water partition coefficient (Wildman–Crippen LogP) is -0.204. The topological polar surface area (TPSA) is 18.5 Å². The van der Waals surface area contributed by atoms with Crippen LogP contribution >= 0.6 is 15.9 Å². The van der Waals surface area contributed by atoms with Gasteiger partial charge < -0.3 is 9.47 Å². The second-order valence-electron chi connectivity index (χ2n) is 1.02. The highest BCUT2D eigenvalue weighted by molar-refractivity contribution is 9.09. The molecule has 0 aromatic carbocycles. The third kappa shape index (κ3) is 2.87. The van der Waals surface area contributed by atoms with Gasteiger partial charge in [-0.2, -0.15) is 0 Å². The molecule has 0 aromatic rings. The summed E-state index contributed by atoms with van der Waals surface area (Å²) in [6, 6.07) is 0. The van der Waals surface area contributed by atoms with Gasteiger partial charge in [0.1, 0.15) is 0 Å². The number of alkyl halides is 1. The molecule has 0 bridgehead atoms. The fourth-order valence-electron chi connectivity index (χ4n) is 0.330. The van der Waals surface area contributed by atoms with Crippen molar-refractivity contribution in [2.75, 3.05) is 13.2 Å². The monoisotopic (exact) mass is 178 g/mol. The van der Waals surface area contributed by atoms with Crippen LogP contribution in [0.2, 0.25) is 0 Å². The molecule has 1 aliphatic heterocycles. The summed E-state index contributed by atoms with van der Waals surface area (Å²) in [5, 5.41) is -0.141. The van der Waals surface area contributed by atoms with Crippen LogP contribution in [0.1, 0.15) is 0 Å². The van der Waals surface area contributed by atoms with Crippen molar-refractivity contribution in [3.63, 3.8) is 0 Å². The van der Waals surface area contributed by atoms with Gasteiger partial charge in [-0.25, -0.2) is 0 Å². The molecule has 1 fully saturated rings. The van der Waals surface area contributed by atoms with Crippen LogP contribution in [-0.4, -0.2) is 41.5 Å². The highest BCUT2D eigenvalue weighted by atomic mass is 79.9. The average molecular weight is 179 g/mol. The maximum absolute atomic E-state index is 4.85. The van der Waals surface area contributed by atoms with Crippen molar-refractivity contribution in [2.45, 2.75) is 5.20 Å². The lowest BCUT2D eigenvalue weighted by molar-refractivity contribution is 0.0407. The van der Waals surface area contributed by atoms with Crippen LogP contribution in [-0.2, 0) is 9.47 Å². The summed E-state index contributed by atoms with van der Waals surface area (Å²) in [4.78, 5) is 0. The normalized spacial score (nSPS) is 21.9. The molecule has 4 heteroatoms. The third-order valence-corrected chi connectivity index (χ3v) is 1.11. The molecule has 0 aliphatic carbocycles. The first-order chi connectivity index (χ1) is 2.89. The van der Waals surface area contributed by atoms with E-state index in [1.165, 1.54) is 0 Å². The summed E-state index contributed by atoms with van der Waals surface area (Å²) in [5.41, 5.74) is 0. The first-order valence-electron chi connectivity index (χ1n) is 1.77. The molecule has 0 aromatic heterocycles. The predicted molar refractivity (Wildman–Crippen MR) is 33.2 cm³/mol. The Morgan fingerprint density at radius 1 is 1.29 bits per heavy atom. The summed E-state index contributed by atoms with van der Waals surface area (Å²) < 4.78 is 9.69. The van der Waals surface area contributed by atoms with Gasteiger partial charge in [0.2, 0.25) is 5.20 Å². The van der Waals surface area contributed by atoms with E-state index in [2.05, 4.69) is 15.9 Å². The molecule has 7 heavy (non-hydrogen) atoms. The van der Waals surface area contributed by atoms with Crippen molar-refractivity contribution in [3.05, 3.63) is 0 Å². The summed E-state index contributed by atoms with van der Waals surface area (Å²) in [6.07, 6.45) is 0. The molecule has 0 amide bonds. The Labute approximate surface area is 66.8 Å². The SMILES string of the molecule is BrC1OCCO1.[MgH2]. The minimum Gasteiger partial charge on any atom is -0.341 e. The van der Waals surface area contributed by atoms with Crippen molar-refractivity contribution >= 4 is 39.0 Å². The van der Waals surface area contributed by atoms with E-state index in [1.54, 1.807) is 0 Å². The Bertz CT molecular complexity index is 46.2. The van der Waals surface area contributed by atoms with Gasteiger partial charge in [0.25, 0.3) is 0 Å². The maximum Gasteiger partial charge on any atom is 0.316 e. The van der Waals surface area contributed by atoms with E-state index < -0.39 is 0 Å². The minimum atomic E-state index is -0.141. The fourth-order valence-corrected chi connectivity index (χ4v) is 0.703. The van der Waals surface area contributed by atoms with Crippen molar-refractivity contribution in [1.82, 2.24) is 0 Å². The van der Waals surface area contributed by atoms with E-state index in [0.29, 0.717) is 0 Å². The van der Waals surface area contributed by atoms with Gasteiger partial charge in [-0.05, 0) is 15.9 Å². The summed E-state index contributed by atoms with van der Waals surface area (Å²) in [5.74, 6) is 0. The smallest absolute Gasteiger partial charge is 0.316 e. The van der Waals surface area contributed by atoms with Gasteiger partial charge >= 0.3 is 23.1 Å². The molecule has 0 radical (unpaired) electrons. The van der Waals surface area contributed by atoms with E-state index in [4.69, 9.17) is 9.47 Å². The van der Waals surface area contributed by atoms with Crippen LogP contribution in [0.3, 0.4) is 0 Å². The molecule has 1 saturated heterocycles. The summed E-state index contributed by atoms with van der Waals surface area (Å²) >= 11 is 3.09. The quantitative estimate of drug-likeness (QED) is 0.378. The molecule has 0 unspecified atom stereocenters. The molecule has 0 N–H and O–H groups in total. The van der Waals surface area contributed by atoms with E-state index in [9.17, 15) is 0 Å².